The van der Waals surface area contributed by atoms with E-state index in [9.17, 15) is 9.59 Å². The Bertz CT molecular complexity index is 1280. The van der Waals surface area contributed by atoms with E-state index in [-0.39, 0.29) is 12.4 Å². The number of rotatable bonds is 8. The Morgan fingerprint density at radius 2 is 2.00 bits per heavy atom. The molecule has 2 aromatic carbocycles. The maximum absolute atomic E-state index is 12.9. The van der Waals surface area contributed by atoms with Gasteiger partial charge < -0.3 is 25.9 Å². The number of hydrogen-bond acceptors (Lipinski definition) is 8. The summed E-state index contributed by atoms with van der Waals surface area (Å²) in [4.78, 5) is 25.4. The quantitative estimate of drug-likeness (QED) is 0.237. The molecule has 4 rings (SSSR count). The van der Waals surface area contributed by atoms with E-state index in [0.717, 1.165) is 0 Å². The number of nitrogens with two attached hydrogens (primary N) is 1. The van der Waals surface area contributed by atoms with E-state index in [2.05, 4.69) is 20.8 Å². The Hall–Kier alpha value is -3.70. The fourth-order valence-electron chi connectivity index (χ4n) is 3.56. The average molecular weight is 515 g/mol. The molecule has 0 fully saturated rings. The van der Waals surface area contributed by atoms with Crippen LogP contribution in [-0.2, 0) is 9.53 Å². The number of benzene rings is 2. The number of ether oxygens (including phenoxy) is 2. The van der Waals surface area contributed by atoms with Crippen LogP contribution < -0.4 is 21.2 Å². The van der Waals surface area contributed by atoms with Crippen LogP contribution in [0.15, 0.2) is 65.0 Å². The average Bonchev–Trinajstić information content (AvgIpc) is 3.22. The summed E-state index contributed by atoms with van der Waals surface area (Å²) in [5.74, 6) is 6.97. The zero-order valence-corrected chi connectivity index (χ0v) is 20.5. The fourth-order valence-corrected chi connectivity index (χ4v) is 4.58. The van der Waals surface area contributed by atoms with Crippen molar-refractivity contribution in [3.8, 4) is 17.1 Å². The van der Waals surface area contributed by atoms with Gasteiger partial charge in [0.25, 0.3) is 0 Å². The van der Waals surface area contributed by atoms with Crippen molar-refractivity contribution in [3.05, 3.63) is 70.4 Å². The molecule has 182 valence electrons. The van der Waals surface area contributed by atoms with Crippen molar-refractivity contribution >= 4 is 35.4 Å². The molecule has 1 aliphatic rings. The highest BCUT2D eigenvalue weighted by atomic mass is 35.5. The SMILES string of the molecule is CCOC(=O)C1=C(CSc2nnc(-c3cccc(Cl)c3)n2N)NC(=O)N[C@H]1c1ccc(OC)cc1. The van der Waals surface area contributed by atoms with Gasteiger partial charge in [-0.05, 0) is 36.8 Å². The van der Waals surface area contributed by atoms with Crippen LogP contribution in [-0.4, -0.2) is 46.3 Å². The zero-order chi connectivity index (χ0) is 24.9. The van der Waals surface area contributed by atoms with Gasteiger partial charge in [-0.2, -0.15) is 0 Å². The first-order valence-corrected chi connectivity index (χ1v) is 12.0. The largest absolute Gasteiger partial charge is 0.497 e. The van der Waals surface area contributed by atoms with E-state index in [1.165, 1.54) is 16.4 Å². The number of carbonyl (C=O) groups excluding carboxylic acids is 2. The monoisotopic (exact) mass is 514 g/mol. The van der Waals surface area contributed by atoms with Crippen molar-refractivity contribution < 1.29 is 19.1 Å². The Morgan fingerprint density at radius 3 is 2.69 bits per heavy atom. The predicted octanol–water partition coefficient (Wildman–Crippen LogP) is 3.28. The highest BCUT2D eigenvalue weighted by Crippen LogP contribution is 2.32. The highest BCUT2D eigenvalue weighted by Gasteiger charge is 2.34. The molecule has 1 aliphatic heterocycles. The normalized spacial score (nSPS) is 15.4. The minimum atomic E-state index is -0.706. The third-order valence-electron chi connectivity index (χ3n) is 5.19. The molecule has 35 heavy (non-hydrogen) atoms. The molecule has 0 bridgehead atoms. The molecule has 0 aliphatic carbocycles. The van der Waals surface area contributed by atoms with Gasteiger partial charge in [0.1, 0.15) is 5.75 Å². The maximum Gasteiger partial charge on any atom is 0.338 e. The lowest BCUT2D eigenvalue weighted by molar-refractivity contribution is -0.139. The number of amides is 2. The summed E-state index contributed by atoms with van der Waals surface area (Å²) in [6.07, 6.45) is 0. The number of methoxy groups -OCH3 is 1. The number of thioether (sulfide) groups is 1. The van der Waals surface area contributed by atoms with Crippen LogP contribution in [0.2, 0.25) is 5.02 Å². The number of carbonyl (C=O) groups is 2. The van der Waals surface area contributed by atoms with Gasteiger partial charge in [0, 0.05) is 22.0 Å². The molecular weight excluding hydrogens is 492 g/mol. The Balaban J connectivity index is 1.65. The summed E-state index contributed by atoms with van der Waals surface area (Å²) in [5.41, 5.74) is 2.10. The smallest absolute Gasteiger partial charge is 0.338 e. The second-order valence-electron chi connectivity index (χ2n) is 7.39. The molecular formula is C23H23ClN6O4S. The number of esters is 1. The van der Waals surface area contributed by atoms with E-state index in [1.807, 2.05) is 6.07 Å². The van der Waals surface area contributed by atoms with Crippen LogP contribution in [0, 0.1) is 0 Å². The number of urea groups is 1. The third-order valence-corrected chi connectivity index (χ3v) is 6.40. The van der Waals surface area contributed by atoms with Gasteiger partial charge in [-0.15, -0.1) is 10.2 Å². The van der Waals surface area contributed by atoms with Crippen LogP contribution in [0.5, 0.6) is 5.75 Å². The molecule has 3 aromatic rings. The third kappa shape index (κ3) is 5.36. The first kappa shape index (κ1) is 24.4. The predicted molar refractivity (Wildman–Crippen MR) is 132 cm³/mol. The molecule has 0 saturated heterocycles. The highest BCUT2D eigenvalue weighted by molar-refractivity contribution is 7.99. The van der Waals surface area contributed by atoms with Crippen molar-refractivity contribution in [3.63, 3.8) is 0 Å². The molecule has 1 aromatic heterocycles. The number of nitrogens with zero attached hydrogens (tertiary/aromatic N) is 3. The standard InChI is InChI=1S/C23H23ClN6O4S/c1-3-34-21(31)18-17(26-22(32)27-19(18)13-7-9-16(33-2)10-8-13)12-35-23-29-28-20(30(23)25)14-5-4-6-15(24)11-14/h4-11,19H,3,12,25H2,1-2H3,(H2,26,27,32)/t19-/m0/s1. The van der Waals surface area contributed by atoms with Gasteiger partial charge in [-0.25, -0.2) is 14.3 Å². The van der Waals surface area contributed by atoms with Crippen LogP contribution >= 0.6 is 23.4 Å². The summed E-state index contributed by atoms with van der Waals surface area (Å²) in [7, 11) is 1.56. The Morgan fingerprint density at radius 1 is 1.23 bits per heavy atom. The van der Waals surface area contributed by atoms with Crippen LogP contribution in [0.1, 0.15) is 18.5 Å². The second-order valence-corrected chi connectivity index (χ2v) is 8.77. The molecule has 0 radical (unpaired) electrons. The first-order chi connectivity index (χ1) is 16.9. The molecule has 2 amide bonds. The second kappa shape index (κ2) is 10.7. The van der Waals surface area contributed by atoms with Gasteiger partial charge in [0.15, 0.2) is 5.82 Å². The Kier molecular flexibility index (Phi) is 7.47. The molecule has 0 unspecified atom stereocenters. The number of hydrogen-bond donors (Lipinski definition) is 3. The molecule has 4 N–H and O–H groups in total. The van der Waals surface area contributed by atoms with Crippen LogP contribution in [0.4, 0.5) is 4.79 Å². The molecule has 12 heteroatoms. The lowest BCUT2D eigenvalue weighted by atomic mass is 9.95. The molecule has 1 atom stereocenters. The van der Waals surface area contributed by atoms with E-state index in [0.29, 0.717) is 44.2 Å². The van der Waals surface area contributed by atoms with Crippen molar-refractivity contribution in [2.24, 2.45) is 0 Å². The molecule has 0 spiro atoms. The van der Waals surface area contributed by atoms with Crippen molar-refractivity contribution in [2.45, 2.75) is 18.1 Å². The van der Waals surface area contributed by atoms with E-state index in [4.69, 9.17) is 26.9 Å². The van der Waals surface area contributed by atoms with Crippen LogP contribution in [0.3, 0.4) is 0 Å². The van der Waals surface area contributed by atoms with Crippen LogP contribution in [0.25, 0.3) is 11.4 Å². The fraction of sp³-hybridized carbons (Fsp3) is 0.217. The van der Waals surface area contributed by atoms with E-state index < -0.39 is 18.0 Å². The summed E-state index contributed by atoms with van der Waals surface area (Å²) in [5, 5.41) is 14.8. The van der Waals surface area contributed by atoms with E-state index >= 15 is 0 Å². The number of nitrogens with one attached hydrogen (secondary N) is 2. The Labute approximate surface area is 210 Å². The van der Waals surface area contributed by atoms with Crippen molar-refractivity contribution in [1.29, 1.82) is 0 Å². The number of halogens is 1. The summed E-state index contributed by atoms with van der Waals surface area (Å²) < 4.78 is 11.8. The van der Waals surface area contributed by atoms with E-state index in [1.54, 1.807) is 56.5 Å². The van der Waals surface area contributed by atoms with Gasteiger partial charge in [-0.1, -0.05) is 47.6 Å². The number of nitrogen functional groups attached to an aromatic ring is 1. The zero-order valence-electron chi connectivity index (χ0n) is 18.9. The van der Waals surface area contributed by atoms with Crippen molar-refractivity contribution in [2.75, 3.05) is 25.3 Å². The molecule has 10 nitrogen and oxygen atoms in total. The number of aromatic nitrogens is 3. The first-order valence-electron chi connectivity index (χ1n) is 10.6. The lowest BCUT2D eigenvalue weighted by Gasteiger charge is -2.29. The summed E-state index contributed by atoms with van der Waals surface area (Å²) in [6.45, 7) is 1.91. The summed E-state index contributed by atoms with van der Waals surface area (Å²) >= 11 is 7.30. The van der Waals surface area contributed by atoms with Gasteiger partial charge in [0.05, 0.1) is 25.3 Å². The van der Waals surface area contributed by atoms with Gasteiger partial charge in [-0.3, -0.25) is 0 Å². The molecule has 2 heterocycles. The topological polar surface area (TPSA) is 133 Å². The van der Waals surface area contributed by atoms with Gasteiger partial charge >= 0.3 is 12.0 Å². The van der Waals surface area contributed by atoms with Crippen molar-refractivity contribution in [1.82, 2.24) is 25.5 Å². The lowest BCUT2D eigenvalue weighted by Crippen LogP contribution is -2.46. The minimum Gasteiger partial charge on any atom is -0.497 e. The minimum absolute atomic E-state index is 0.187. The summed E-state index contributed by atoms with van der Waals surface area (Å²) in [6, 6.07) is 13.0. The van der Waals surface area contributed by atoms with Gasteiger partial charge in [0.2, 0.25) is 5.16 Å². The maximum atomic E-state index is 12.9. The molecule has 0 saturated carbocycles.